The number of nitrogens with zero attached hydrogens (tertiary/aromatic N) is 2. The van der Waals surface area contributed by atoms with Crippen molar-refractivity contribution in [2.45, 2.75) is 51.3 Å². The number of rotatable bonds is 4. The van der Waals surface area contributed by atoms with Gasteiger partial charge in [-0.1, -0.05) is 0 Å². The maximum Gasteiger partial charge on any atom is 0.0638 e. The van der Waals surface area contributed by atoms with Crippen LogP contribution < -0.4 is 5.32 Å². The van der Waals surface area contributed by atoms with Crippen molar-refractivity contribution in [1.29, 1.82) is 0 Å². The minimum atomic E-state index is 0.441. The van der Waals surface area contributed by atoms with Gasteiger partial charge < -0.3 is 10.1 Å². The molecule has 0 bridgehead atoms. The summed E-state index contributed by atoms with van der Waals surface area (Å²) in [5, 5.41) is 7.98. The fraction of sp³-hybridized carbons (Fsp3) is 0.769. The molecule has 0 radical (unpaired) electrons. The number of aryl methyl sites for hydroxylation is 2. The van der Waals surface area contributed by atoms with E-state index >= 15 is 0 Å². The summed E-state index contributed by atoms with van der Waals surface area (Å²) >= 11 is 0. The minimum Gasteiger partial charge on any atom is -0.381 e. The quantitative estimate of drug-likeness (QED) is 0.867. The Morgan fingerprint density at radius 3 is 3.00 bits per heavy atom. The average molecular weight is 237 g/mol. The highest BCUT2D eigenvalue weighted by atomic mass is 16.5. The standard InChI is InChI=1S/C13H23N3O/c1-10-11(9-16(2)15-10)8-14-12-5-4-6-13(7-12)17-3/h9,12-14H,4-8H2,1-3H3. The number of hydrogen-bond acceptors (Lipinski definition) is 3. The number of methoxy groups -OCH3 is 1. The third-order valence-electron chi connectivity index (χ3n) is 3.66. The van der Waals surface area contributed by atoms with Gasteiger partial charge in [-0.05, 0) is 32.6 Å². The van der Waals surface area contributed by atoms with E-state index in [0.717, 1.165) is 18.7 Å². The highest BCUT2D eigenvalue weighted by Crippen LogP contribution is 2.21. The smallest absolute Gasteiger partial charge is 0.0638 e. The largest absolute Gasteiger partial charge is 0.381 e. The van der Waals surface area contributed by atoms with Crippen LogP contribution in [0.2, 0.25) is 0 Å². The molecule has 4 nitrogen and oxygen atoms in total. The lowest BCUT2D eigenvalue weighted by atomic mass is 9.93. The van der Waals surface area contributed by atoms with Crippen LogP contribution in [0.3, 0.4) is 0 Å². The highest BCUT2D eigenvalue weighted by Gasteiger charge is 2.21. The van der Waals surface area contributed by atoms with Crippen molar-refractivity contribution in [3.8, 4) is 0 Å². The van der Waals surface area contributed by atoms with Gasteiger partial charge in [-0.3, -0.25) is 4.68 Å². The van der Waals surface area contributed by atoms with Crippen molar-refractivity contribution >= 4 is 0 Å². The second-order valence-electron chi connectivity index (χ2n) is 5.02. The molecule has 0 aliphatic heterocycles. The maximum atomic E-state index is 5.44. The van der Waals surface area contributed by atoms with E-state index in [4.69, 9.17) is 4.74 Å². The molecular weight excluding hydrogens is 214 g/mol. The summed E-state index contributed by atoms with van der Waals surface area (Å²) in [5.41, 5.74) is 2.42. The number of nitrogens with one attached hydrogen (secondary N) is 1. The van der Waals surface area contributed by atoms with E-state index in [-0.39, 0.29) is 0 Å². The van der Waals surface area contributed by atoms with E-state index in [1.807, 2.05) is 18.8 Å². The molecule has 0 amide bonds. The molecule has 0 aromatic carbocycles. The van der Waals surface area contributed by atoms with Gasteiger partial charge in [-0.25, -0.2) is 0 Å². The van der Waals surface area contributed by atoms with Gasteiger partial charge in [0.1, 0.15) is 0 Å². The van der Waals surface area contributed by atoms with Crippen molar-refractivity contribution in [3.05, 3.63) is 17.5 Å². The van der Waals surface area contributed by atoms with Crippen LogP contribution in [0.25, 0.3) is 0 Å². The van der Waals surface area contributed by atoms with Crippen molar-refractivity contribution in [1.82, 2.24) is 15.1 Å². The minimum absolute atomic E-state index is 0.441. The first kappa shape index (κ1) is 12.6. The first-order valence-electron chi connectivity index (χ1n) is 6.44. The first-order valence-corrected chi connectivity index (χ1v) is 6.44. The van der Waals surface area contributed by atoms with Gasteiger partial charge >= 0.3 is 0 Å². The van der Waals surface area contributed by atoms with Gasteiger partial charge in [0.15, 0.2) is 0 Å². The Balaban J connectivity index is 1.83. The lowest BCUT2D eigenvalue weighted by molar-refractivity contribution is 0.0586. The third-order valence-corrected chi connectivity index (χ3v) is 3.66. The molecule has 2 rings (SSSR count). The maximum absolute atomic E-state index is 5.44. The third kappa shape index (κ3) is 3.30. The lowest BCUT2D eigenvalue weighted by Crippen LogP contribution is -2.36. The SMILES string of the molecule is COC1CCCC(NCc2cn(C)nc2C)C1. The monoisotopic (exact) mass is 237 g/mol. The summed E-state index contributed by atoms with van der Waals surface area (Å²) in [5.74, 6) is 0. The van der Waals surface area contributed by atoms with Gasteiger partial charge in [0, 0.05) is 38.5 Å². The lowest BCUT2D eigenvalue weighted by Gasteiger charge is -2.28. The summed E-state index contributed by atoms with van der Waals surface area (Å²) in [6.45, 7) is 2.98. The highest BCUT2D eigenvalue weighted by molar-refractivity contribution is 5.14. The van der Waals surface area contributed by atoms with Crippen LogP contribution in [-0.2, 0) is 18.3 Å². The van der Waals surface area contributed by atoms with Gasteiger partial charge in [0.2, 0.25) is 0 Å². The van der Waals surface area contributed by atoms with Crippen LogP contribution >= 0.6 is 0 Å². The molecule has 1 saturated carbocycles. The van der Waals surface area contributed by atoms with Crippen LogP contribution in [-0.4, -0.2) is 29.0 Å². The molecule has 1 fully saturated rings. The predicted molar refractivity (Wildman–Crippen MR) is 67.8 cm³/mol. The molecule has 1 aromatic heterocycles. The Hall–Kier alpha value is -0.870. The van der Waals surface area contributed by atoms with Crippen molar-refractivity contribution < 1.29 is 4.74 Å². The average Bonchev–Trinajstić information content (AvgIpc) is 2.65. The molecular formula is C13H23N3O. The van der Waals surface area contributed by atoms with Crippen molar-refractivity contribution in [2.75, 3.05) is 7.11 Å². The van der Waals surface area contributed by atoms with Crippen LogP contribution in [0.4, 0.5) is 0 Å². The molecule has 1 aliphatic carbocycles. The molecule has 1 heterocycles. The topological polar surface area (TPSA) is 39.1 Å². The zero-order valence-electron chi connectivity index (χ0n) is 11.1. The molecule has 1 aliphatic rings. The first-order chi connectivity index (χ1) is 8.19. The molecule has 96 valence electrons. The summed E-state index contributed by atoms with van der Waals surface area (Å²) in [4.78, 5) is 0. The zero-order chi connectivity index (χ0) is 12.3. The summed E-state index contributed by atoms with van der Waals surface area (Å²) < 4.78 is 7.32. The number of ether oxygens (including phenoxy) is 1. The molecule has 2 unspecified atom stereocenters. The van der Waals surface area contributed by atoms with E-state index in [9.17, 15) is 0 Å². The molecule has 4 heteroatoms. The zero-order valence-corrected chi connectivity index (χ0v) is 11.1. The molecule has 0 saturated heterocycles. The number of aromatic nitrogens is 2. The summed E-state index contributed by atoms with van der Waals surface area (Å²) in [6, 6.07) is 0.591. The van der Waals surface area contributed by atoms with Gasteiger partial charge in [-0.15, -0.1) is 0 Å². The molecule has 1 aromatic rings. The van der Waals surface area contributed by atoms with Crippen LogP contribution in [0, 0.1) is 6.92 Å². The Morgan fingerprint density at radius 1 is 1.53 bits per heavy atom. The predicted octanol–water partition coefficient (Wildman–Crippen LogP) is 1.78. The summed E-state index contributed by atoms with van der Waals surface area (Å²) in [7, 11) is 3.79. The van der Waals surface area contributed by atoms with Gasteiger partial charge in [0.05, 0.1) is 11.8 Å². The second-order valence-corrected chi connectivity index (χ2v) is 5.02. The van der Waals surface area contributed by atoms with Crippen molar-refractivity contribution in [3.63, 3.8) is 0 Å². The molecule has 1 N–H and O–H groups in total. The van der Waals surface area contributed by atoms with E-state index in [1.54, 1.807) is 0 Å². The van der Waals surface area contributed by atoms with E-state index in [2.05, 4.69) is 23.5 Å². The Kier molecular flexibility index (Phi) is 4.18. The van der Waals surface area contributed by atoms with Gasteiger partial charge in [0.25, 0.3) is 0 Å². The normalized spacial score (nSPS) is 25.1. The fourth-order valence-electron chi connectivity index (χ4n) is 2.62. The van der Waals surface area contributed by atoms with Gasteiger partial charge in [-0.2, -0.15) is 5.10 Å². The van der Waals surface area contributed by atoms with E-state index in [1.165, 1.54) is 24.8 Å². The summed E-state index contributed by atoms with van der Waals surface area (Å²) in [6.07, 6.45) is 7.41. The number of hydrogen-bond donors (Lipinski definition) is 1. The Bertz CT molecular complexity index is 362. The molecule has 17 heavy (non-hydrogen) atoms. The van der Waals surface area contributed by atoms with Crippen molar-refractivity contribution in [2.24, 2.45) is 7.05 Å². The van der Waals surface area contributed by atoms with Crippen LogP contribution in [0.1, 0.15) is 36.9 Å². The molecule has 0 spiro atoms. The van der Waals surface area contributed by atoms with E-state index in [0.29, 0.717) is 12.1 Å². The second kappa shape index (κ2) is 5.65. The fourth-order valence-corrected chi connectivity index (χ4v) is 2.62. The Labute approximate surface area is 103 Å². The van der Waals surface area contributed by atoms with Crippen LogP contribution in [0.5, 0.6) is 0 Å². The molecule has 2 atom stereocenters. The van der Waals surface area contributed by atoms with E-state index < -0.39 is 0 Å². The Morgan fingerprint density at radius 2 is 2.35 bits per heavy atom. The van der Waals surface area contributed by atoms with Crippen LogP contribution in [0.15, 0.2) is 6.20 Å².